The highest BCUT2D eigenvalue weighted by molar-refractivity contribution is 9.10. The van der Waals surface area contributed by atoms with Gasteiger partial charge >= 0.3 is 0 Å². The van der Waals surface area contributed by atoms with Crippen molar-refractivity contribution in [2.75, 3.05) is 5.43 Å². The molecule has 2 rings (SSSR count). The monoisotopic (exact) mass is 297 g/mol. The molecule has 0 bridgehead atoms. The molecule has 1 aromatic carbocycles. The lowest BCUT2D eigenvalue weighted by atomic mass is 10.1. The number of nitrogens with two attached hydrogens (primary N) is 1. The SMILES string of the molecule is CCCc1cc2c(Br)ccc(F)c2nc1NN. The smallest absolute Gasteiger partial charge is 0.149 e. The van der Waals surface area contributed by atoms with E-state index in [-0.39, 0.29) is 5.82 Å². The van der Waals surface area contributed by atoms with Crippen LogP contribution in [0.25, 0.3) is 10.9 Å². The van der Waals surface area contributed by atoms with E-state index in [2.05, 4.69) is 33.3 Å². The highest BCUT2D eigenvalue weighted by Gasteiger charge is 2.10. The number of benzene rings is 1. The molecular weight excluding hydrogens is 285 g/mol. The van der Waals surface area contributed by atoms with Gasteiger partial charge in [0.1, 0.15) is 17.2 Å². The van der Waals surface area contributed by atoms with Crippen LogP contribution in [0, 0.1) is 5.82 Å². The van der Waals surface area contributed by atoms with Crippen LogP contribution in [0.3, 0.4) is 0 Å². The van der Waals surface area contributed by atoms with Crippen LogP contribution >= 0.6 is 15.9 Å². The summed E-state index contributed by atoms with van der Waals surface area (Å²) in [7, 11) is 0. The van der Waals surface area contributed by atoms with Gasteiger partial charge in [0, 0.05) is 9.86 Å². The summed E-state index contributed by atoms with van der Waals surface area (Å²) >= 11 is 3.40. The number of nitrogens with one attached hydrogen (secondary N) is 1. The summed E-state index contributed by atoms with van der Waals surface area (Å²) in [4.78, 5) is 4.23. The zero-order chi connectivity index (χ0) is 12.4. The Morgan fingerprint density at radius 1 is 1.47 bits per heavy atom. The van der Waals surface area contributed by atoms with Crippen LogP contribution in [0.5, 0.6) is 0 Å². The van der Waals surface area contributed by atoms with Gasteiger partial charge in [0.15, 0.2) is 0 Å². The first-order chi connectivity index (χ1) is 8.17. The second-order valence-electron chi connectivity index (χ2n) is 3.82. The fourth-order valence-corrected chi connectivity index (χ4v) is 2.25. The van der Waals surface area contributed by atoms with E-state index in [4.69, 9.17) is 5.84 Å². The van der Waals surface area contributed by atoms with Gasteiger partial charge in [0.05, 0.1) is 0 Å². The minimum Gasteiger partial charge on any atom is -0.308 e. The van der Waals surface area contributed by atoms with E-state index >= 15 is 0 Å². The molecule has 0 amide bonds. The Bertz CT molecular complexity index is 557. The van der Waals surface area contributed by atoms with Gasteiger partial charge in [-0.2, -0.15) is 0 Å². The number of fused-ring (bicyclic) bond motifs is 1. The second kappa shape index (κ2) is 4.98. The topological polar surface area (TPSA) is 50.9 Å². The highest BCUT2D eigenvalue weighted by atomic mass is 79.9. The molecule has 2 aromatic rings. The van der Waals surface area contributed by atoms with Crippen LogP contribution in [0.15, 0.2) is 22.7 Å². The fourth-order valence-electron chi connectivity index (χ4n) is 1.82. The van der Waals surface area contributed by atoms with Crippen molar-refractivity contribution >= 4 is 32.7 Å². The molecule has 5 heteroatoms. The van der Waals surface area contributed by atoms with Crippen LogP contribution in [0.2, 0.25) is 0 Å². The Morgan fingerprint density at radius 3 is 2.88 bits per heavy atom. The molecule has 3 nitrogen and oxygen atoms in total. The maximum atomic E-state index is 13.6. The van der Waals surface area contributed by atoms with Gasteiger partial charge in [-0.15, -0.1) is 0 Å². The largest absolute Gasteiger partial charge is 0.308 e. The quantitative estimate of drug-likeness (QED) is 0.674. The molecule has 0 atom stereocenters. The van der Waals surface area contributed by atoms with Crippen LogP contribution < -0.4 is 11.3 Å². The minimum absolute atomic E-state index is 0.326. The van der Waals surface area contributed by atoms with Gasteiger partial charge in [-0.25, -0.2) is 15.2 Å². The third kappa shape index (κ3) is 2.25. The standard InChI is InChI=1S/C12H13BrFN3/c1-2-3-7-6-8-9(13)4-5-10(14)11(8)16-12(7)17-15/h4-6H,2-3,15H2,1H3,(H,16,17). The first kappa shape index (κ1) is 12.3. The summed E-state index contributed by atoms with van der Waals surface area (Å²) in [6.45, 7) is 2.07. The van der Waals surface area contributed by atoms with Crippen molar-refractivity contribution in [2.45, 2.75) is 19.8 Å². The first-order valence-corrected chi connectivity index (χ1v) is 6.21. The van der Waals surface area contributed by atoms with Crippen molar-refractivity contribution < 1.29 is 4.39 Å². The van der Waals surface area contributed by atoms with E-state index in [1.807, 2.05) is 6.07 Å². The van der Waals surface area contributed by atoms with E-state index in [1.165, 1.54) is 6.07 Å². The molecule has 90 valence electrons. The van der Waals surface area contributed by atoms with Crippen molar-refractivity contribution in [1.82, 2.24) is 4.98 Å². The van der Waals surface area contributed by atoms with Crippen molar-refractivity contribution in [2.24, 2.45) is 5.84 Å². The summed E-state index contributed by atoms with van der Waals surface area (Å²) in [6.07, 6.45) is 1.83. The molecule has 0 spiro atoms. The lowest BCUT2D eigenvalue weighted by molar-refractivity contribution is 0.636. The number of hydrogen-bond acceptors (Lipinski definition) is 3. The summed E-state index contributed by atoms with van der Waals surface area (Å²) in [6, 6.07) is 5.00. The molecule has 0 radical (unpaired) electrons. The third-order valence-corrected chi connectivity index (χ3v) is 3.31. The summed E-state index contributed by atoms with van der Waals surface area (Å²) < 4.78 is 14.5. The van der Waals surface area contributed by atoms with Crippen LogP contribution in [0.1, 0.15) is 18.9 Å². The van der Waals surface area contributed by atoms with Gasteiger partial charge in [0.2, 0.25) is 0 Å². The molecule has 3 N–H and O–H groups in total. The van der Waals surface area contributed by atoms with E-state index in [9.17, 15) is 4.39 Å². The molecule has 0 fully saturated rings. The van der Waals surface area contributed by atoms with E-state index < -0.39 is 0 Å². The summed E-state index contributed by atoms with van der Waals surface area (Å²) in [5, 5.41) is 0.771. The average Bonchev–Trinajstić information content (AvgIpc) is 2.34. The Hall–Kier alpha value is -1.20. The molecule has 0 aliphatic rings. The van der Waals surface area contributed by atoms with Crippen molar-refractivity contribution in [3.63, 3.8) is 0 Å². The van der Waals surface area contributed by atoms with Crippen LogP contribution in [0.4, 0.5) is 10.2 Å². The molecular formula is C12H13BrFN3. The molecule has 0 aliphatic heterocycles. The van der Waals surface area contributed by atoms with E-state index in [0.29, 0.717) is 11.3 Å². The predicted octanol–water partition coefficient (Wildman–Crippen LogP) is 3.37. The molecule has 1 aromatic heterocycles. The lowest BCUT2D eigenvalue weighted by Crippen LogP contribution is -2.11. The number of rotatable bonds is 3. The van der Waals surface area contributed by atoms with E-state index in [1.54, 1.807) is 6.07 Å². The van der Waals surface area contributed by atoms with Crippen molar-refractivity contribution in [3.05, 3.63) is 34.1 Å². The van der Waals surface area contributed by atoms with Crippen LogP contribution in [-0.4, -0.2) is 4.98 Å². The molecule has 0 aliphatic carbocycles. The fraction of sp³-hybridized carbons (Fsp3) is 0.250. The Kier molecular flexibility index (Phi) is 3.59. The number of aryl methyl sites for hydroxylation is 1. The molecule has 0 unspecified atom stereocenters. The van der Waals surface area contributed by atoms with Gasteiger partial charge in [0.25, 0.3) is 0 Å². The molecule has 0 saturated heterocycles. The van der Waals surface area contributed by atoms with Gasteiger partial charge in [-0.05, 0) is 30.2 Å². The third-order valence-electron chi connectivity index (χ3n) is 2.62. The summed E-state index contributed by atoms with van der Waals surface area (Å²) in [5.74, 6) is 5.61. The number of nitrogens with zero attached hydrogens (tertiary/aromatic N) is 1. The van der Waals surface area contributed by atoms with Gasteiger partial charge in [-0.3, -0.25) is 0 Å². The number of hydrazine groups is 1. The average molecular weight is 298 g/mol. The lowest BCUT2D eigenvalue weighted by Gasteiger charge is -2.10. The Balaban J connectivity index is 2.73. The number of halogens is 2. The van der Waals surface area contributed by atoms with E-state index in [0.717, 1.165) is 28.3 Å². The number of anilines is 1. The number of aromatic nitrogens is 1. The Morgan fingerprint density at radius 2 is 2.24 bits per heavy atom. The first-order valence-electron chi connectivity index (χ1n) is 5.41. The molecule has 0 saturated carbocycles. The van der Waals surface area contributed by atoms with Gasteiger partial charge in [-0.1, -0.05) is 29.3 Å². The predicted molar refractivity (Wildman–Crippen MR) is 71.2 cm³/mol. The number of nitrogen functional groups attached to an aromatic ring is 1. The van der Waals surface area contributed by atoms with Gasteiger partial charge < -0.3 is 5.43 Å². The van der Waals surface area contributed by atoms with Crippen molar-refractivity contribution in [1.29, 1.82) is 0 Å². The van der Waals surface area contributed by atoms with Crippen LogP contribution in [-0.2, 0) is 6.42 Å². The zero-order valence-electron chi connectivity index (χ0n) is 9.43. The number of hydrogen-bond donors (Lipinski definition) is 2. The molecule has 17 heavy (non-hydrogen) atoms. The van der Waals surface area contributed by atoms with Crippen molar-refractivity contribution in [3.8, 4) is 0 Å². The Labute approximate surface area is 107 Å². The normalized spacial score (nSPS) is 10.8. The molecule has 1 heterocycles. The number of pyridine rings is 1. The maximum Gasteiger partial charge on any atom is 0.149 e. The highest BCUT2D eigenvalue weighted by Crippen LogP contribution is 2.29. The second-order valence-corrected chi connectivity index (χ2v) is 4.67. The maximum absolute atomic E-state index is 13.6. The zero-order valence-corrected chi connectivity index (χ0v) is 11.0. The summed E-state index contributed by atoms with van der Waals surface area (Å²) in [5.41, 5.74) is 3.85. The minimum atomic E-state index is -0.345.